The Balaban J connectivity index is 1.65. The van der Waals surface area contributed by atoms with E-state index in [0.29, 0.717) is 30.3 Å². The van der Waals surface area contributed by atoms with Gasteiger partial charge in [0, 0.05) is 18.7 Å². The van der Waals surface area contributed by atoms with Crippen molar-refractivity contribution in [3.05, 3.63) is 23.8 Å². The van der Waals surface area contributed by atoms with E-state index in [2.05, 4.69) is 32.9 Å². The van der Waals surface area contributed by atoms with Crippen LogP contribution in [0.5, 0.6) is 0 Å². The van der Waals surface area contributed by atoms with Crippen LogP contribution in [0.1, 0.15) is 56.1 Å². The van der Waals surface area contributed by atoms with Gasteiger partial charge < -0.3 is 9.26 Å². The summed E-state index contributed by atoms with van der Waals surface area (Å²) in [6, 6.07) is 2.47. The zero-order chi connectivity index (χ0) is 17.0. The molecule has 0 aromatic carbocycles. The Kier molecular flexibility index (Phi) is 3.38. The van der Waals surface area contributed by atoms with Crippen molar-refractivity contribution in [3.8, 4) is 11.5 Å². The molecular weight excluding hydrogens is 318 g/mol. The second-order valence-electron chi connectivity index (χ2n) is 7.22. The molecule has 0 spiro atoms. The predicted octanol–water partition coefficient (Wildman–Crippen LogP) is 3.48. The van der Waals surface area contributed by atoms with Crippen molar-refractivity contribution in [2.75, 3.05) is 7.11 Å². The number of hydrogen-bond acceptors (Lipinski definition) is 6. The van der Waals surface area contributed by atoms with Crippen LogP contribution in [0.3, 0.4) is 0 Å². The largest absolute Gasteiger partial charge is 0.377 e. The molecule has 130 valence electrons. The van der Waals surface area contributed by atoms with Gasteiger partial charge in [-0.15, -0.1) is 0 Å². The maximum absolute atomic E-state index is 5.49. The van der Waals surface area contributed by atoms with Crippen LogP contribution in [-0.4, -0.2) is 32.0 Å². The van der Waals surface area contributed by atoms with Gasteiger partial charge in [0.2, 0.25) is 0 Å². The standard InChI is InChI=1S/C18H21N5O2/c1-10(11-3-4-11)23-17-14(8-19-23)13(7-15(20-17)12-5-6-12)18-21-16(9-24-2)22-25-18/h7-8,10-12H,3-6,9H2,1-2H3/t10-/m1/s1. The second-order valence-corrected chi connectivity index (χ2v) is 7.22. The average Bonchev–Trinajstić information content (AvgIpc) is 3.54. The third-order valence-electron chi connectivity index (χ3n) is 5.24. The van der Waals surface area contributed by atoms with Gasteiger partial charge in [0.15, 0.2) is 11.5 Å². The Morgan fingerprint density at radius 2 is 2.12 bits per heavy atom. The lowest BCUT2D eigenvalue weighted by molar-refractivity contribution is 0.174. The smallest absolute Gasteiger partial charge is 0.258 e. The molecule has 2 saturated carbocycles. The van der Waals surface area contributed by atoms with Gasteiger partial charge in [-0.2, -0.15) is 10.1 Å². The molecule has 7 nitrogen and oxygen atoms in total. The highest BCUT2D eigenvalue weighted by Gasteiger charge is 2.32. The second kappa shape index (κ2) is 5.62. The molecule has 3 aromatic heterocycles. The lowest BCUT2D eigenvalue weighted by atomic mass is 10.1. The van der Waals surface area contributed by atoms with E-state index in [1.165, 1.54) is 25.7 Å². The molecule has 0 unspecified atom stereocenters. The zero-order valence-corrected chi connectivity index (χ0v) is 14.5. The minimum absolute atomic E-state index is 0.338. The highest BCUT2D eigenvalue weighted by Crippen LogP contribution is 2.43. The lowest BCUT2D eigenvalue weighted by Crippen LogP contribution is -2.10. The van der Waals surface area contributed by atoms with Crippen LogP contribution in [0.25, 0.3) is 22.5 Å². The molecule has 25 heavy (non-hydrogen) atoms. The summed E-state index contributed by atoms with van der Waals surface area (Å²) < 4.78 is 12.7. The fourth-order valence-corrected chi connectivity index (χ4v) is 3.43. The summed E-state index contributed by atoms with van der Waals surface area (Å²) in [6.07, 6.45) is 6.84. The summed E-state index contributed by atoms with van der Waals surface area (Å²) >= 11 is 0. The van der Waals surface area contributed by atoms with E-state index < -0.39 is 0 Å². The molecule has 0 amide bonds. The van der Waals surface area contributed by atoms with Crippen LogP contribution in [0.4, 0.5) is 0 Å². The van der Waals surface area contributed by atoms with Gasteiger partial charge >= 0.3 is 0 Å². The SMILES string of the molecule is COCc1noc(-c2cc(C3CC3)nc3c2cnn3[C@H](C)C2CC2)n1. The third kappa shape index (κ3) is 2.63. The normalized spacial score (nSPS) is 18.8. The van der Waals surface area contributed by atoms with Crippen LogP contribution < -0.4 is 0 Å². The molecule has 5 rings (SSSR count). The first-order chi connectivity index (χ1) is 12.2. The highest BCUT2D eigenvalue weighted by atomic mass is 16.5. The van der Waals surface area contributed by atoms with Gasteiger partial charge in [-0.3, -0.25) is 0 Å². The number of nitrogens with zero attached hydrogens (tertiary/aromatic N) is 5. The summed E-state index contributed by atoms with van der Waals surface area (Å²) in [5.41, 5.74) is 2.97. The quantitative estimate of drug-likeness (QED) is 0.684. The molecule has 1 atom stereocenters. The van der Waals surface area contributed by atoms with Gasteiger partial charge in [-0.1, -0.05) is 5.16 Å². The maximum atomic E-state index is 5.49. The Morgan fingerprint density at radius 1 is 1.28 bits per heavy atom. The fraction of sp³-hybridized carbons (Fsp3) is 0.556. The Labute approximate surface area is 145 Å². The first-order valence-corrected chi connectivity index (χ1v) is 8.94. The molecule has 0 bridgehead atoms. The van der Waals surface area contributed by atoms with E-state index in [-0.39, 0.29) is 0 Å². The van der Waals surface area contributed by atoms with E-state index in [9.17, 15) is 0 Å². The summed E-state index contributed by atoms with van der Waals surface area (Å²) in [5, 5.41) is 9.62. The molecule has 0 aliphatic heterocycles. The molecule has 2 aliphatic rings. The first kappa shape index (κ1) is 15.0. The van der Waals surface area contributed by atoms with Crippen molar-refractivity contribution in [3.63, 3.8) is 0 Å². The van der Waals surface area contributed by atoms with Crippen molar-refractivity contribution < 1.29 is 9.26 Å². The molecule has 0 N–H and O–H groups in total. The monoisotopic (exact) mass is 339 g/mol. The predicted molar refractivity (Wildman–Crippen MR) is 90.9 cm³/mol. The third-order valence-corrected chi connectivity index (χ3v) is 5.24. The van der Waals surface area contributed by atoms with Crippen LogP contribution >= 0.6 is 0 Å². The van der Waals surface area contributed by atoms with E-state index in [0.717, 1.165) is 28.2 Å². The number of rotatable bonds is 6. The first-order valence-electron chi connectivity index (χ1n) is 8.94. The van der Waals surface area contributed by atoms with Crippen molar-refractivity contribution >= 4 is 11.0 Å². The number of aromatic nitrogens is 5. The van der Waals surface area contributed by atoms with Crippen LogP contribution in [0.2, 0.25) is 0 Å². The molecule has 0 radical (unpaired) electrons. The van der Waals surface area contributed by atoms with Crippen molar-refractivity contribution in [2.45, 2.75) is 51.2 Å². The molecular formula is C18H21N5O2. The molecule has 2 fully saturated rings. The zero-order valence-electron chi connectivity index (χ0n) is 14.5. The van der Waals surface area contributed by atoms with Gasteiger partial charge in [0.1, 0.15) is 6.61 Å². The van der Waals surface area contributed by atoms with Crippen molar-refractivity contribution in [1.29, 1.82) is 0 Å². The average molecular weight is 339 g/mol. The van der Waals surface area contributed by atoms with Crippen molar-refractivity contribution in [1.82, 2.24) is 24.9 Å². The van der Waals surface area contributed by atoms with Gasteiger partial charge in [0.25, 0.3) is 5.89 Å². The summed E-state index contributed by atoms with van der Waals surface area (Å²) in [6.45, 7) is 2.57. The van der Waals surface area contributed by atoms with Crippen LogP contribution in [-0.2, 0) is 11.3 Å². The summed E-state index contributed by atoms with van der Waals surface area (Å²) in [7, 11) is 1.62. The molecule has 7 heteroatoms. The molecule has 0 saturated heterocycles. The number of pyridine rings is 1. The maximum Gasteiger partial charge on any atom is 0.258 e. The molecule has 3 heterocycles. The fourth-order valence-electron chi connectivity index (χ4n) is 3.43. The number of hydrogen-bond donors (Lipinski definition) is 0. The van der Waals surface area contributed by atoms with Crippen LogP contribution in [0, 0.1) is 5.92 Å². The summed E-state index contributed by atoms with van der Waals surface area (Å²) in [5.74, 6) is 2.33. The van der Waals surface area contributed by atoms with Crippen molar-refractivity contribution in [2.24, 2.45) is 5.92 Å². The Morgan fingerprint density at radius 3 is 2.84 bits per heavy atom. The highest BCUT2D eigenvalue weighted by molar-refractivity contribution is 5.90. The van der Waals surface area contributed by atoms with E-state index in [1.807, 2.05) is 6.20 Å². The number of ether oxygens (including phenoxy) is 1. The molecule has 2 aliphatic carbocycles. The van der Waals surface area contributed by atoms with Crippen LogP contribution in [0.15, 0.2) is 16.8 Å². The summed E-state index contributed by atoms with van der Waals surface area (Å²) in [4.78, 5) is 9.42. The minimum Gasteiger partial charge on any atom is -0.377 e. The van der Waals surface area contributed by atoms with E-state index >= 15 is 0 Å². The molecule has 3 aromatic rings. The lowest BCUT2D eigenvalue weighted by Gasteiger charge is -2.12. The number of fused-ring (bicyclic) bond motifs is 1. The number of methoxy groups -OCH3 is 1. The van der Waals surface area contributed by atoms with Gasteiger partial charge in [-0.05, 0) is 44.6 Å². The van der Waals surface area contributed by atoms with Gasteiger partial charge in [0.05, 0.1) is 23.2 Å². The van der Waals surface area contributed by atoms with E-state index in [1.54, 1.807) is 7.11 Å². The minimum atomic E-state index is 0.338. The topological polar surface area (TPSA) is 78.9 Å². The van der Waals surface area contributed by atoms with E-state index in [4.69, 9.17) is 14.2 Å². The Bertz CT molecular complexity index is 923. The Hall–Kier alpha value is -2.28. The van der Waals surface area contributed by atoms with Gasteiger partial charge in [-0.25, -0.2) is 9.67 Å².